The predicted octanol–water partition coefficient (Wildman–Crippen LogP) is 2.94. The molecule has 2 aromatic rings. The van der Waals surface area contributed by atoms with Crippen LogP contribution in [0.25, 0.3) is 11.4 Å². The average molecular weight is 431 g/mol. The molecule has 1 saturated carbocycles. The molecule has 1 amide bonds. The second kappa shape index (κ2) is 8.58. The molecule has 1 fully saturated rings. The topological polar surface area (TPSA) is 122 Å². The van der Waals surface area contributed by atoms with Crippen molar-refractivity contribution in [3.63, 3.8) is 0 Å². The molecule has 8 nitrogen and oxygen atoms in total. The van der Waals surface area contributed by atoms with Crippen LogP contribution in [0.2, 0.25) is 0 Å². The Labute approximate surface area is 179 Å². The van der Waals surface area contributed by atoms with Crippen molar-refractivity contribution in [2.75, 3.05) is 0 Å². The second-order valence-electron chi connectivity index (χ2n) is 8.92. The number of amides is 1. The first-order chi connectivity index (χ1) is 14.5. The van der Waals surface area contributed by atoms with E-state index < -0.39 is 41.0 Å². The minimum absolute atomic E-state index is 0.0138. The van der Waals surface area contributed by atoms with Gasteiger partial charge in [-0.05, 0) is 51.7 Å². The van der Waals surface area contributed by atoms with E-state index in [1.54, 1.807) is 45.0 Å². The summed E-state index contributed by atoms with van der Waals surface area (Å²) in [5.41, 5.74) is -0.639. The smallest absolute Gasteiger partial charge is 0.407 e. The minimum Gasteiger partial charge on any atom is -0.481 e. The summed E-state index contributed by atoms with van der Waals surface area (Å²) in [6, 6.07) is 6.28. The lowest BCUT2D eigenvalue weighted by Crippen LogP contribution is -2.43. The number of ether oxygens (including phenoxy) is 1. The van der Waals surface area contributed by atoms with Crippen molar-refractivity contribution in [1.29, 1.82) is 0 Å². The van der Waals surface area contributed by atoms with Crippen LogP contribution >= 0.6 is 0 Å². The van der Waals surface area contributed by atoms with Crippen LogP contribution in [-0.2, 0) is 16.0 Å². The van der Waals surface area contributed by atoms with Gasteiger partial charge in [0, 0.05) is 5.56 Å². The van der Waals surface area contributed by atoms with Crippen LogP contribution in [0.5, 0.6) is 0 Å². The molecule has 1 aromatic heterocycles. The standard InChI is InChI=1S/C22H26FN3O5/c1-21(2,3)31-20(30)26-16-9-22(19(28)29,10-17(16)27)8-13-5-4-6-14(7-13)18-24-11-15(23)12-25-18/h4-7,11-12,16-17,27H,8-10H2,1-3H3,(H,26,30)(H,28,29)/t16-,17+,22-/m1/s1. The van der Waals surface area contributed by atoms with Gasteiger partial charge in [0.2, 0.25) is 0 Å². The summed E-state index contributed by atoms with van der Waals surface area (Å²) in [5.74, 6) is -1.28. The van der Waals surface area contributed by atoms with Gasteiger partial charge in [-0.3, -0.25) is 4.79 Å². The fraction of sp³-hybridized carbons (Fsp3) is 0.455. The zero-order valence-electron chi connectivity index (χ0n) is 17.6. The Morgan fingerprint density at radius 2 is 1.94 bits per heavy atom. The normalized spacial score (nSPS) is 23.4. The van der Waals surface area contributed by atoms with E-state index >= 15 is 0 Å². The molecule has 1 aromatic carbocycles. The van der Waals surface area contributed by atoms with Crippen molar-refractivity contribution in [3.8, 4) is 11.4 Å². The number of hydrogen-bond donors (Lipinski definition) is 3. The number of aliphatic carboxylic acids is 1. The lowest BCUT2D eigenvalue weighted by Gasteiger charge is -2.25. The van der Waals surface area contributed by atoms with Crippen molar-refractivity contribution in [3.05, 3.63) is 48.0 Å². The number of carbonyl (C=O) groups is 2. The fourth-order valence-corrected chi connectivity index (χ4v) is 3.86. The van der Waals surface area contributed by atoms with E-state index in [1.165, 1.54) is 0 Å². The summed E-state index contributed by atoms with van der Waals surface area (Å²) in [7, 11) is 0. The Kier molecular flexibility index (Phi) is 6.26. The number of nitrogens with zero attached hydrogens (tertiary/aromatic N) is 2. The van der Waals surface area contributed by atoms with Crippen LogP contribution in [0.4, 0.5) is 9.18 Å². The van der Waals surface area contributed by atoms with Gasteiger partial charge in [-0.2, -0.15) is 0 Å². The second-order valence-corrected chi connectivity index (χ2v) is 8.92. The van der Waals surface area contributed by atoms with Crippen molar-refractivity contribution in [2.24, 2.45) is 5.41 Å². The maximum absolute atomic E-state index is 13.1. The molecule has 0 radical (unpaired) electrons. The van der Waals surface area contributed by atoms with E-state index in [4.69, 9.17) is 4.74 Å². The Bertz CT molecular complexity index is 960. The number of halogens is 1. The quantitative estimate of drug-likeness (QED) is 0.665. The Morgan fingerprint density at radius 3 is 2.55 bits per heavy atom. The highest BCUT2D eigenvalue weighted by Crippen LogP contribution is 2.42. The molecule has 3 rings (SSSR count). The lowest BCUT2D eigenvalue weighted by molar-refractivity contribution is -0.149. The maximum Gasteiger partial charge on any atom is 0.407 e. The van der Waals surface area contributed by atoms with Crippen LogP contribution in [0.3, 0.4) is 0 Å². The summed E-state index contributed by atoms with van der Waals surface area (Å²) in [4.78, 5) is 32.2. The Hall–Kier alpha value is -3.07. The van der Waals surface area contributed by atoms with Gasteiger partial charge >= 0.3 is 12.1 Å². The summed E-state index contributed by atoms with van der Waals surface area (Å²) >= 11 is 0. The van der Waals surface area contributed by atoms with Gasteiger partial charge in [-0.15, -0.1) is 0 Å². The van der Waals surface area contributed by atoms with Gasteiger partial charge in [0.25, 0.3) is 0 Å². The van der Waals surface area contributed by atoms with Crippen molar-refractivity contribution < 1.29 is 28.9 Å². The first-order valence-electron chi connectivity index (χ1n) is 9.95. The number of aromatic nitrogens is 2. The Balaban J connectivity index is 1.78. The first kappa shape index (κ1) is 22.6. The molecule has 31 heavy (non-hydrogen) atoms. The summed E-state index contributed by atoms with van der Waals surface area (Å²) in [6.07, 6.45) is 0.587. The molecular formula is C22H26FN3O5. The lowest BCUT2D eigenvalue weighted by atomic mass is 9.79. The van der Waals surface area contributed by atoms with Gasteiger partial charge in [-0.25, -0.2) is 19.2 Å². The molecule has 0 bridgehead atoms. The van der Waals surface area contributed by atoms with Crippen LogP contribution in [0, 0.1) is 11.2 Å². The number of nitrogens with one attached hydrogen (secondary N) is 1. The molecule has 1 aliphatic carbocycles. The van der Waals surface area contributed by atoms with Gasteiger partial charge < -0.3 is 20.3 Å². The van der Waals surface area contributed by atoms with Crippen LogP contribution in [-0.4, -0.2) is 50.0 Å². The highest BCUT2D eigenvalue weighted by atomic mass is 19.1. The number of aliphatic hydroxyl groups is 1. The van der Waals surface area contributed by atoms with E-state index in [9.17, 15) is 24.2 Å². The third kappa shape index (κ3) is 5.55. The number of alkyl carbamates (subject to hydrolysis) is 1. The van der Waals surface area contributed by atoms with Gasteiger partial charge in [0.05, 0.1) is 30.0 Å². The molecule has 0 unspecified atom stereocenters. The third-order valence-electron chi connectivity index (χ3n) is 5.18. The monoisotopic (exact) mass is 431 g/mol. The molecule has 166 valence electrons. The largest absolute Gasteiger partial charge is 0.481 e. The number of aliphatic hydroxyl groups excluding tert-OH is 1. The zero-order valence-corrected chi connectivity index (χ0v) is 17.6. The van der Waals surface area contributed by atoms with Crippen LogP contribution in [0.1, 0.15) is 39.2 Å². The van der Waals surface area contributed by atoms with E-state index in [2.05, 4.69) is 15.3 Å². The zero-order chi connectivity index (χ0) is 22.8. The van der Waals surface area contributed by atoms with Crippen molar-refractivity contribution in [2.45, 2.75) is 57.8 Å². The first-order valence-corrected chi connectivity index (χ1v) is 9.95. The summed E-state index contributed by atoms with van der Waals surface area (Å²) < 4.78 is 18.3. The van der Waals surface area contributed by atoms with Gasteiger partial charge in [0.1, 0.15) is 5.60 Å². The molecule has 0 saturated heterocycles. The van der Waals surface area contributed by atoms with E-state index in [0.29, 0.717) is 17.0 Å². The molecule has 9 heteroatoms. The van der Waals surface area contributed by atoms with Crippen molar-refractivity contribution >= 4 is 12.1 Å². The Morgan fingerprint density at radius 1 is 1.26 bits per heavy atom. The van der Waals surface area contributed by atoms with Crippen LogP contribution in [0.15, 0.2) is 36.7 Å². The highest BCUT2D eigenvalue weighted by Gasteiger charge is 2.50. The number of carbonyl (C=O) groups excluding carboxylic acids is 1. The third-order valence-corrected chi connectivity index (χ3v) is 5.18. The average Bonchev–Trinajstić information content (AvgIpc) is 2.97. The van der Waals surface area contributed by atoms with E-state index in [0.717, 1.165) is 12.4 Å². The summed E-state index contributed by atoms with van der Waals surface area (Å²) in [6.45, 7) is 5.16. The number of rotatable bonds is 5. The number of carboxylic acids is 1. The molecule has 3 atom stereocenters. The maximum atomic E-state index is 13.1. The molecule has 0 spiro atoms. The highest BCUT2D eigenvalue weighted by molar-refractivity contribution is 5.76. The predicted molar refractivity (Wildman–Crippen MR) is 110 cm³/mol. The number of hydrogen-bond acceptors (Lipinski definition) is 6. The molecule has 0 aliphatic heterocycles. The molecule has 1 aliphatic rings. The van der Waals surface area contributed by atoms with Gasteiger partial charge in [-0.1, -0.05) is 18.2 Å². The minimum atomic E-state index is -1.26. The fourth-order valence-electron chi connectivity index (χ4n) is 3.86. The number of benzene rings is 1. The molecule has 1 heterocycles. The van der Waals surface area contributed by atoms with E-state index in [1.807, 2.05) is 0 Å². The molecule has 3 N–H and O–H groups in total. The van der Waals surface area contributed by atoms with E-state index in [-0.39, 0.29) is 19.3 Å². The van der Waals surface area contributed by atoms with Gasteiger partial charge in [0.15, 0.2) is 11.6 Å². The number of carboxylic acid groups (broad SMARTS) is 1. The SMILES string of the molecule is CC(C)(C)OC(=O)N[C@@H]1C[C@@](Cc2cccc(-c3ncc(F)cn3)c2)(C(=O)O)C[C@@H]1O. The van der Waals surface area contributed by atoms with Crippen LogP contribution < -0.4 is 5.32 Å². The summed E-state index contributed by atoms with van der Waals surface area (Å²) in [5, 5.41) is 23.0. The molecular weight excluding hydrogens is 405 g/mol. The van der Waals surface area contributed by atoms with Crippen molar-refractivity contribution in [1.82, 2.24) is 15.3 Å².